The molecule has 0 amide bonds. The van der Waals surface area contributed by atoms with Crippen LogP contribution in [-0.4, -0.2) is 14.2 Å². The summed E-state index contributed by atoms with van der Waals surface area (Å²) in [6, 6.07) is 12.8. The standard InChI is InChI=1S/C15H16FNOS/c1-17-10-11-7-12(16)9-15(8-11)19-14-5-3-13(18-2)4-6-14/h3-9,17H,10H2,1-2H3. The fraction of sp³-hybridized carbons (Fsp3) is 0.200. The maximum Gasteiger partial charge on any atom is 0.124 e. The van der Waals surface area contributed by atoms with Crippen molar-refractivity contribution < 1.29 is 9.13 Å². The van der Waals surface area contributed by atoms with Crippen LogP contribution in [-0.2, 0) is 6.54 Å². The number of ether oxygens (including phenoxy) is 1. The van der Waals surface area contributed by atoms with Crippen molar-refractivity contribution in [2.45, 2.75) is 16.3 Å². The summed E-state index contributed by atoms with van der Waals surface area (Å²) in [6.07, 6.45) is 0. The number of nitrogens with one attached hydrogen (secondary N) is 1. The van der Waals surface area contributed by atoms with Gasteiger partial charge in [0.25, 0.3) is 0 Å². The largest absolute Gasteiger partial charge is 0.497 e. The summed E-state index contributed by atoms with van der Waals surface area (Å²) < 4.78 is 18.6. The molecule has 4 heteroatoms. The average Bonchev–Trinajstić information content (AvgIpc) is 2.39. The number of halogens is 1. The molecule has 0 saturated heterocycles. The normalized spacial score (nSPS) is 10.5. The van der Waals surface area contributed by atoms with E-state index in [9.17, 15) is 4.39 Å². The molecule has 2 rings (SSSR count). The summed E-state index contributed by atoms with van der Waals surface area (Å²) in [5.74, 6) is 0.614. The van der Waals surface area contributed by atoms with Crippen LogP contribution < -0.4 is 10.1 Å². The second-order valence-corrected chi connectivity index (χ2v) is 5.25. The highest BCUT2D eigenvalue weighted by molar-refractivity contribution is 7.99. The molecule has 0 aromatic heterocycles. The Kier molecular flexibility index (Phi) is 4.82. The van der Waals surface area contributed by atoms with E-state index in [2.05, 4.69) is 5.32 Å². The molecule has 0 aliphatic rings. The number of hydrogen-bond donors (Lipinski definition) is 1. The molecular weight excluding hydrogens is 261 g/mol. The van der Waals surface area contributed by atoms with Crippen molar-refractivity contribution in [1.82, 2.24) is 5.32 Å². The van der Waals surface area contributed by atoms with Gasteiger partial charge in [0.2, 0.25) is 0 Å². The van der Waals surface area contributed by atoms with Gasteiger partial charge in [0.15, 0.2) is 0 Å². The van der Waals surface area contributed by atoms with Crippen LogP contribution in [0.15, 0.2) is 52.3 Å². The number of methoxy groups -OCH3 is 1. The van der Waals surface area contributed by atoms with Crippen molar-refractivity contribution in [2.24, 2.45) is 0 Å². The molecule has 0 saturated carbocycles. The third kappa shape index (κ3) is 3.98. The van der Waals surface area contributed by atoms with Gasteiger partial charge >= 0.3 is 0 Å². The summed E-state index contributed by atoms with van der Waals surface area (Å²) in [5, 5.41) is 3.02. The van der Waals surface area contributed by atoms with E-state index in [1.807, 2.05) is 37.4 Å². The third-order valence-corrected chi connectivity index (χ3v) is 3.59. The minimum atomic E-state index is -0.205. The van der Waals surface area contributed by atoms with Crippen LogP contribution in [0.1, 0.15) is 5.56 Å². The van der Waals surface area contributed by atoms with Gasteiger partial charge in [0, 0.05) is 16.3 Å². The van der Waals surface area contributed by atoms with Crippen molar-refractivity contribution in [3.8, 4) is 5.75 Å². The van der Waals surface area contributed by atoms with Gasteiger partial charge in [-0.05, 0) is 55.1 Å². The molecular formula is C15H16FNOS. The molecule has 19 heavy (non-hydrogen) atoms. The molecule has 0 heterocycles. The number of benzene rings is 2. The van der Waals surface area contributed by atoms with E-state index in [1.165, 1.54) is 11.8 Å². The highest BCUT2D eigenvalue weighted by Crippen LogP contribution is 2.30. The fourth-order valence-corrected chi connectivity index (χ4v) is 2.69. The van der Waals surface area contributed by atoms with Crippen molar-refractivity contribution in [2.75, 3.05) is 14.2 Å². The summed E-state index contributed by atoms with van der Waals surface area (Å²) in [7, 11) is 3.49. The summed E-state index contributed by atoms with van der Waals surface area (Å²) >= 11 is 1.54. The SMILES string of the molecule is CNCc1cc(F)cc(Sc2ccc(OC)cc2)c1. The van der Waals surface area contributed by atoms with Crippen LogP contribution in [0.25, 0.3) is 0 Å². The Labute approximate surface area is 117 Å². The first-order valence-electron chi connectivity index (χ1n) is 5.97. The van der Waals surface area contributed by atoms with Crippen molar-refractivity contribution in [1.29, 1.82) is 0 Å². The molecule has 1 N–H and O–H groups in total. The van der Waals surface area contributed by atoms with Crippen LogP contribution in [0.5, 0.6) is 5.75 Å². The minimum absolute atomic E-state index is 0.205. The smallest absolute Gasteiger partial charge is 0.124 e. The van der Waals surface area contributed by atoms with Gasteiger partial charge in [-0.1, -0.05) is 11.8 Å². The second kappa shape index (κ2) is 6.59. The number of rotatable bonds is 5. The maximum absolute atomic E-state index is 13.5. The topological polar surface area (TPSA) is 21.3 Å². The molecule has 0 spiro atoms. The zero-order valence-electron chi connectivity index (χ0n) is 10.9. The highest BCUT2D eigenvalue weighted by Gasteiger charge is 2.03. The predicted molar refractivity (Wildman–Crippen MR) is 76.3 cm³/mol. The van der Waals surface area contributed by atoms with Gasteiger partial charge in [-0.15, -0.1) is 0 Å². The molecule has 0 atom stereocenters. The Morgan fingerprint density at radius 2 is 1.84 bits per heavy atom. The monoisotopic (exact) mass is 277 g/mol. The first-order chi connectivity index (χ1) is 9.21. The summed E-state index contributed by atoms with van der Waals surface area (Å²) in [5.41, 5.74) is 0.943. The van der Waals surface area contributed by atoms with Crippen LogP contribution in [0, 0.1) is 5.82 Å². The molecule has 0 fully saturated rings. The van der Waals surface area contributed by atoms with Gasteiger partial charge in [0.05, 0.1) is 7.11 Å². The molecule has 2 aromatic carbocycles. The van der Waals surface area contributed by atoms with E-state index >= 15 is 0 Å². The molecule has 100 valence electrons. The quantitative estimate of drug-likeness (QED) is 0.900. The van der Waals surface area contributed by atoms with Crippen molar-refractivity contribution in [3.05, 3.63) is 53.8 Å². The van der Waals surface area contributed by atoms with E-state index in [4.69, 9.17) is 4.74 Å². The van der Waals surface area contributed by atoms with E-state index in [0.29, 0.717) is 6.54 Å². The van der Waals surface area contributed by atoms with E-state index < -0.39 is 0 Å². The van der Waals surface area contributed by atoms with E-state index in [1.54, 1.807) is 19.2 Å². The zero-order chi connectivity index (χ0) is 13.7. The lowest BCUT2D eigenvalue weighted by Crippen LogP contribution is -2.05. The first-order valence-corrected chi connectivity index (χ1v) is 6.79. The Bertz CT molecular complexity index is 542. The van der Waals surface area contributed by atoms with Crippen LogP contribution in [0.2, 0.25) is 0 Å². The zero-order valence-corrected chi connectivity index (χ0v) is 11.8. The molecule has 0 aliphatic carbocycles. The lowest BCUT2D eigenvalue weighted by molar-refractivity contribution is 0.414. The van der Waals surface area contributed by atoms with E-state index in [-0.39, 0.29) is 5.82 Å². The molecule has 0 unspecified atom stereocenters. The fourth-order valence-electron chi connectivity index (χ4n) is 1.77. The Morgan fingerprint density at radius 1 is 1.11 bits per heavy atom. The lowest BCUT2D eigenvalue weighted by atomic mass is 10.2. The lowest BCUT2D eigenvalue weighted by Gasteiger charge is -2.06. The van der Waals surface area contributed by atoms with Crippen LogP contribution in [0.4, 0.5) is 4.39 Å². The van der Waals surface area contributed by atoms with Crippen molar-refractivity contribution >= 4 is 11.8 Å². The van der Waals surface area contributed by atoms with Crippen molar-refractivity contribution in [3.63, 3.8) is 0 Å². The Hall–Kier alpha value is -1.52. The van der Waals surface area contributed by atoms with Gasteiger partial charge in [-0.3, -0.25) is 0 Å². The average molecular weight is 277 g/mol. The predicted octanol–water partition coefficient (Wildman–Crippen LogP) is 3.70. The van der Waals surface area contributed by atoms with Gasteiger partial charge in [-0.25, -0.2) is 4.39 Å². The minimum Gasteiger partial charge on any atom is -0.497 e. The van der Waals surface area contributed by atoms with Gasteiger partial charge in [-0.2, -0.15) is 0 Å². The molecule has 2 aromatic rings. The number of hydrogen-bond acceptors (Lipinski definition) is 3. The highest BCUT2D eigenvalue weighted by atomic mass is 32.2. The summed E-state index contributed by atoms with van der Waals surface area (Å²) in [4.78, 5) is 1.96. The maximum atomic E-state index is 13.5. The molecule has 2 nitrogen and oxygen atoms in total. The second-order valence-electron chi connectivity index (χ2n) is 4.10. The Balaban J connectivity index is 2.17. The van der Waals surface area contributed by atoms with E-state index in [0.717, 1.165) is 21.1 Å². The molecule has 0 aliphatic heterocycles. The molecule has 0 radical (unpaired) electrons. The third-order valence-electron chi connectivity index (χ3n) is 2.61. The summed E-state index contributed by atoms with van der Waals surface area (Å²) in [6.45, 7) is 0.661. The van der Waals surface area contributed by atoms with Crippen LogP contribution >= 0.6 is 11.8 Å². The van der Waals surface area contributed by atoms with Gasteiger partial charge < -0.3 is 10.1 Å². The Morgan fingerprint density at radius 3 is 2.47 bits per heavy atom. The first kappa shape index (κ1) is 13.9. The van der Waals surface area contributed by atoms with Crippen LogP contribution in [0.3, 0.4) is 0 Å². The molecule has 0 bridgehead atoms. The van der Waals surface area contributed by atoms with Gasteiger partial charge in [0.1, 0.15) is 11.6 Å².